The zero-order chi connectivity index (χ0) is 17.3. The summed E-state index contributed by atoms with van der Waals surface area (Å²) in [6.07, 6.45) is 1.56. The predicted molar refractivity (Wildman–Crippen MR) is 95.0 cm³/mol. The molecular weight excluding hydrogens is 302 g/mol. The molecule has 0 unspecified atom stereocenters. The lowest BCUT2D eigenvalue weighted by atomic mass is 10.1. The number of aromatic nitrogens is 2. The summed E-state index contributed by atoms with van der Waals surface area (Å²) in [6.45, 7) is 2.00. The van der Waals surface area contributed by atoms with Crippen molar-refractivity contribution in [3.05, 3.63) is 66.0 Å². The van der Waals surface area contributed by atoms with Crippen LogP contribution in [0.25, 0.3) is 17.1 Å². The number of aryl methyl sites for hydroxylation is 1. The smallest absolute Gasteiger partial charge is 0.356 e. The van der Waals surface area contributed by atoms with Gasteiger partial charge in [-0.2, -0.15) is 0 Å². The van der Waals surface area contributed by atoms with E-state index in [-0.39, 0.29) is 5.69 Å². The number of benzene rings is 2. The van der Waals surface area contributed by atoms with Gasteiger partial charge in [-0.1, -0.05) is 23.8 Å². The molecular formula is C19H19N3O2. The van der Waals surface area contributed by atoms with Crippen LogP contribution in [0.15, 0.2) is 54.7 Å². The van der Waals surface area contributed by atoms with E-state index in [9.17, 15) is 9.90 Å². The quantitative estimate of drug-likeness (QED) is 0.797. The zero-order valence-corrected chi connectivity index (χ0v) is 13.9. The predicted octanol–water partition coefficient (Wildman–Crippen LogP) is 3.61. The highest BCUT2D eigenvalue weighted by Crippen LogP contribution is 2.25. The van der Waals surface area contributed by atoms with Gasteiger partial charge in [-0.25, -0.2) is 9.78 Å². The molecule has 0 aliphatic heterocycles. The largest absolute Gasteiger partial charge is 0.476 e. The first kappa shape index (κ1) is 15.8. The van der Waals surface area contributed by atoms with Crippen molar-refractivity contribution in [3.63, 3.8) is 0 Å². The van der Waals surface area contributed by atoms with Gasteiger partial charge in [0, 0.05) is 37.2 Å². The van der Waals surface area contributed by atoms with Gasteiger partial charge in [0.25, 0.3) is 0 Å². The molecule has 0 aliphatic rings. The Labute approximate surface area is 140 Å². The van der Waals surface area contributed by atoms with Crippen LogP contribution in [0.2, 0.25) is 0 Å². The maximum Gasteiger partial charge on any atom is 0.356 e. The minimum atomic E-state index is -1.03. The van der Waals surface area contributed by atoms with Crippen LogP contribution < -0.4 is 4.90 Å². The molecule has 24 heavy (non-hydrogen) atoms. The fourth-order valence-corrected chi connectivity index (χ4v) is 2.58. The van der Waals surface area contributed by atoms with E-state index in [0.717, 1.165) is 22.5 Å². The molecule has 3 aromatic rings. The van der Waals surface area contributed by atoms with Crippen LogP contribution in [-0.2, 0) is 0 Å². The second-order valence-electron chi connectivity index (χ2n) is 5.91. The molecule has 0 amide bonds. The number of carbonyl (C=O) groups is 1. The van der Waals surface area contributed by atoms with Crippen LogP contribution in [0, 0.1) is 6.92 Å². The molecule has 0 radical (unpaired) electrons. The van der Waals surface area contributed by atoms with Gasteiger partial charge >= 0.3 is 5.97 Å². The Kier molecular flexibility index (Phi) is 4.08. The van der Waals surface area contributed by atoms with Crippen LogP contribution in [0.4, 0.5) is 5.69 Å². The van der Waals surface area contributed by atoms with Gasteiger partial charge in [-0.05, 0) is 37.3 Å². The van der Waals surface area contributed by atoms with E-state index in [1.54, 1.807) is 6.20 Å². The fourth-order valence-electron chi connectivity index (χ4n) is 2.58. The molecule has 5 heteroatoms. The Morgan fingerprint density at radius 3 is 2.42 bits per heavy atom. The van der Waals surface area contributed by atoms with Gasteiger partial charge in [0.1, 0.15) is 5.82 Å². The molecule has 0 saturated carbocycles. The second-order valence-corrected chi connectivity index (χ2v) is 5.91. The van der Waals surface area contributed by atoms with E-state index in [4.69, 9.17) is 0 Å². The highest BCUT2D eigenvalue weighted by atomic mass is 16.4. The van der Waals surface area contributed by atoms with Gasteiger partial charge in [0.2, 0.25) is 0 Å². The van der Waals surface area contributed by atoms with Crippen molar-refractivity contribution in [2.24, 2.45) is 0 Å². The lowest BCUT2D eigenvalue weighted by molar-refractivity contribution is 0.0691. The topological polar surface area (TPSA) is 58.4 Å². The lowest BCUT2D eigenvalue weighted by Gasteiger charge is -2.14. The van der Waals surface area contributed by atoms with Crippen molar-refractivity contribution in [3.8, 4) is 17.1 Å². The third-order valence-electron chi connectivity index (χ3n) is 3.85. The Hall–Kier alpha value is -3.08. The average Bonchev–Trinajstić information content (AvgIpc) is 3.00. The summed E-state index contributed by atoms with van der Waals surface area (Å²) in [7, 11) is 3.96. The Morgan fingerprint density at radius 2 is 1.83 bits per heavy atom. The molecule has 0 bridgehead atoms. The van der Waals surface area contributed by atoms with Crippen molar-refractivity contribution in [2.75, 3.05) is 19.0 Å². The minimum Gasteiger partial charge on any atom is -0.476 e. The molecule has 122 valence electrons. The van der Waals surface area contributed by atoms with Crippen molar-refractivity contribution < 1.29 is 9.90 Å². The molecule has 0 saturated heterocycles. The van der Waals surface area contributed by atoms with Crippen molar-refractivity contribution in [1.29, 1.82) is 0 Å². The van der Waals surface area contributed by atoms with E-state index in [1.807, 2.05) is 79.0 Å². The molecule has 1 heterocycles. The third-order valence-corrected chi connectivity index (χ3v) is 3.85. The normalized spacial score (nSPS) is 10.6. The number of hydrogen-bond acceptors (Lipinski definition) is 3. The molecule has 2 aromatic carbocycles. The summed E-state index contributed by atoms with van der Waals surface area (Å²) in [5.74, 6) is -0.415. The molecule has 3 rings (SSSR count). The SMILES string of the molecule is Cc1cccc(-c2nc(C(=O)O)cn2-c2ccc(N(C)C)cc2)c1. The summed E-state index contributed by atoms with van der Waals surface area (Å²) in [5, 5.41) is 9.31. The number of anilines is 1. The number of imidazole rings is 1. The molecule has 1 N–H and O–H groups in total. The molecule has 5 nitrogen and oxygen atoms in total. The minimum absolute atomic E-state index is 0.0307. The first-order valence-corrected chi connectivity index (χ1v) is 7.63. The second kappa shape index (κ2) is 6.20. The molecule has 0 spiro atoms. The highest BCUT2D eigenvalue weighted by Gasteiger charge is 2.16. The van der Waals surface area contributed by atoms with Gasteiger partial charge in [-0.15, -0.1) is 0 Å². The van der Waals surface area contributed by atoms with Crippen LogP contribution in [0.3, 0.4) is 0 Å². The first-order valence-electron chi connectivity index (χ1n) is 7.63. The van der Waals surface area contributed by atoms with Crippen molar-refractivity contribution in [2.45, 2.75) is 6.92 Å². The fraction of sp³-hybridized carbons (Fsp3) is 0.158. The summed E-state index contributed by atoms with van der Waals surface area (Å²) >= 11 is 0. The van der Waals surface area contributed by atoms with Gasteiger partial charge in [0.15, 0.2) is 5.69 Å². The van der Waals surface area contributed by atoms with Gasteiger partial charge < -0.3 is 10.0 Å². The Morgan fingerprint density at radius 1 is 1.12 bits per heavy atom. The Bertz CT molecular complexity index is 880. The summed E-state index contributed by atoms with van der Waals surface area (Å²) < 4.78 is 1.82. The molecule has 0 fully saturated rings. The summed E-state index contributed by atoms with van der Waals surface area (Å²) in [4.78, 5) is 17.7. The van der Waals surface area contributed by atoms with Gasteiger partial charge in [-0.3, -0.25) is 4.57 Å². The zero-order valence-electron chi connectivity index (χ0n) is 13.9. The number of nitrogens with zero attached hydrogens (tertiary/aromatic N) is 3. The summed E-state index contributed by atoms with van der Waals surface area (Å²) in [6, 6.07) is 15.8. The van der Waals surface area contributed by atoms with E-state index < -0.39 is 5.97 Å². The number of rotatable bonds is 4. The van der Waals surface area contributed by atoms with Crippen LogP contribution in [0.1, 0.15) is 16.1 Å². The number of aromatic carboxylic acids is 1. The van der Waals surface area contributed by atoms with Crippen LogP contribution >= 0.6 is 0 Å². The molecule has 0 atom stereocenters. The van der Waals surface area contributed by atoms with Crippen molar-refractivity contribution >= 4 is 11.7 Å². The van der Waals surface area contributed by atoms with Crippen molar-refractivity contribution in [1.82, 2.24) is 9.55 Å². The maximum absolute atomic E-state index is 11.4. The molecule has 1 aromatic heterocycles. The monoisotopic (exact) mass is 321 g/mol. The molecule has 0 aliphatic carbocycles. The number of carboxylic acid groups (broad SMARTS) is 1. The average molecular weight is 321 g/mol. The third kappa shape index (κ3) is 3.01. The number of carboxylic acids is 1. The van der Waals surface area contributed by atoms with E-state index in [0.29, 0.717) is 5.82 Å². The Balaban J connectivity index is 2.14. The van der Waals surface area contributed by atoms with E-state index in [1.165, 1.54) is 0 Å². The van der Waals surface area contributed by atoms with Crippen LogP contribution in [-0.4, -0.2) is 34.7 Å². The van der Waals surface area contributed by atoms with Crippen LogP contribution in [0.5, 0.6) is 0 Å². The van der Waals surface area contributed by atoms with Gasteiger partial charge in [0.05, 0.1) is 0 Å². The first-order chi connectivity index (χ1) is 11.5. The van der Waals surface area contributed by atoms with E-state index >= 15 is 0 Å². The summed E-state index contributed by atoms with van der Waals surface area (Å²) in [5.41, 5.74) is 3.97. The highest BCUT2D eigenvalue weighted by molar-refractivity contribution is 5.86. The lowest BCUT2D eigenvalue weighted by Crippen LogP contribution is -2.08. The standard InChI is InChI=1S/C19H19N3O2/c1-13-5-4-6-14(11-13)18-20-17(19(23)24)12-22(18)16-9-7-15(8-10-16)21(2)3/h4-12H,1-3H3,(H,23,24). The van der Waals surface area contributed by atoms with E-state index in [2.05, 4.69) is 4.98 Å². The number of hydrogen-bond donors (Lipinski definition) is 1. The maximum atomic E-state index is 11.4.